The van der Waals surface area contributed by atoms with E-state index in [1.165, 1.54) is 19.2 Å². The minimum atomic E-state index is -1.02. The highest BCUT2D eigenvalue weighted by molar-refractivity contribution is 5.88. The normalized spacial score (nSPS) is 10.0. The fourth-order valence-electron chi connectivity index (χ4n) is 1.51. The van der Waals surface area contributed by atoms with Crippen LogP contribution in [0.1, 0.15) is 15.9 Å². The highest BCUT2D eigenvalue weighted by Gasteiger charge is 2.11. The Morgan fingerprint density at radius 1 is 1.21 bits per heavy atom. The van der Waals surface area contributed by atoms with Crippen LogP contribution in [0.4, 0.5) is 0 Å². The van der Waals surface area contributed by atoms with Gasteiger partial charge in [-0.05, 0) is 30.7 Å². The number of pyridine rings is 1. The molecule has 98 valence electrons. The first kappa shape index (κ1) is 12.9. The number of aromatic nitrogens is 1. The number of nitrogens with zero attached hydrogens (tertiary/aromatic N) is 1. The quantitative estimate of drug-likeness (QED) is 0.914. The van der Waals surface area contributed by atoms with Gasteiger partial charge in [-0.2, -0.15) is 0 Å². The van der Waals surface area contributed by atoms with E-state index < -0.39 is 5.97 Å². The average molecular weight is 259 g/mol. The Bertz CT molecular complexity index is 593. The molecule has 1 aromatic heterocycles. The van der Waals surface area contributed by atoms with Gasteiger partial charge in [0.15, 0.2) is 11.5 Å². The Labute approximate surface area is 110 Å². The van der Waals surface area contributed by atoms with Gasteiger partial charge < -0.3 is 14.6 Å². The van der Waals surface area contributed by atoms with Crippen LogP contribution in [0.3, 0.4) is 0 Å². The monoisotopic (exact) mass is 259 g/mol. The van der Waals surface area contributed by atoms with Gasteiger partial charge in [0.05, 0.1) is 12.7 Å². The first-order valence-corrected chi connectivity index (χ1v) is 5.62. The number of hydrogen-bond acceptors (Lipinski definition) is 4. The maximum absolute atomic E-state index is 10.9. The fraction of sp³-hybridized carbons (Fsp3) is 0.143. The molecule has 1 heterocycles. The van der Waals surface area contributed by atoms with Gasteiger partial charge in [0, 0.05) is 12.3 Å². The smallest absolute Gasteiger partial charge is 0.335 e. The lowest BCUT2D eigenvalue weighted by molar-refractivity contribution is 0.0696. The number of aromatic carboxylic acids is 1. The van der Waals surface area contributed by atoms with E-state index in [0.29, 0.717) is 17.4 Å². The fourth-order valence-corrected chi connectivity index (χ4v) is 1.51. The van der Waals surface area contributed by atoms with Crippen molar-refractivity contribution < 1.29 is 19.4 Å². The maximum atomic E-state index is 10.9. The van der Waals surface area contributed by atoms with E-state index in [9.17, 15) is 4.79 Å². The van der Waals surface area contributed by atoms with Gasteiger partial charge in [-0.25, -0.2) is 9.78 Å². The van der Waals surface area contributed by atoms with Crippen LogP contribution in [-0.4, -0.2) is 23.2 Å². The van der Waals surface area contributed by atoms with Crippen molar-refractivity contribution >= 4 is 5.97 Å². The molecule has 19 heavy (non-hydrogen) atoms. The van der Waals surface area contributed by atoms with Crippen molar-refractivity contribution in [2.75, 3.05) is 7.11 Å². The van der Waals surface area contributed by atoms with E-state index in [1.807, 2.05) is 13.0 Å². The van der Waals surface area contributed by atoms with Crippen LogP contribution in [-0.2, 0) is 0 Å². The molecule has 0 unspecified atom stereocenters. The third-order valence-corrected chi connectivity index (χ3v) is 2.51. The number of carboxylic acids is 1. The predicted octanol–water partition coefficient (Wildman–Crippen LogP) is 2.89. The van der Waals surface area contributed by atoms with Crippen molar-refractivity contribution in [2.45, 2.75) is 6.92 Å². The van der Waals surface area contributed by atoms with Gasteiger partial charge in [0.25, 0.3) is 0 Å². The molecule has 0 atom stereocenters. The second-order valence-electron chi connectivity index (χ2n) is 3.95. The van der Waals surface area contributed by atoms with Crippen LogP contribution in [0, 0.1) is 6.92 Å². The number of carboxylic acid groups (broad SMARTS) is 1. The maximum Gasteiger partial charge on any atom is 0.335 e. The number of benzene rings is 1. The molecule has 0 aliphatic heterocycles. The molecule has 5 nitrogen and oxygen atoms in total. The molecule has 0 amide bonds. The molecular formula is C14H13NO4. The van der Waals surface area contributed by atoms with Gasteiger partial charge in [-0.3, -0.25) is 0 Å². The Kier molecular flexibility index (Phi) is 3.66. The molecule has 0 radical (unpaired) electrons. The lowest BCUT2D eigenvalue weighted by atomic mass is 10.2. The molecule has 2 rings (SSSR count). The molecule has 0 bridgehead atoms. The molecule has 0 saturated heterocycles. The van der Waals surface area contributed by atoms with E-state index >= 15 is 0 Å². The van der Waals surface area contributed by atoms with Crippen LogP contribution < -0.4 is 9.47 Å². The summed E-state index contributed by atoms with van der Waals surface area (Å²) in [7, 11) is 1.45. The summed E-state index contributed by atoms with van der Waals surface area (Å²) >= 11 is 0. The molecule has 0 fully saturated rings. The summed E-state index contributed by atoms with van der Waals surface area (Å²) in [5.74, 6) is 0.177. The second kappa shape index (κ2) is 5.39. The molecule has 5 heteroatoms. The third-order valence-electron chi connectivity index (χ3n) is 2.51. The van der Waals surface area contributed by atoms with Gasteiger partial charge >= 0.3 is 5.97 Å². The van der Waals surface area contributed by atoms with Crippen molar-refractivity contribution in [1.29, 1.82) is 0 Å². The van der Waals surface area contributed by atoms with Crippen LogP contribution in [0.5, 0.6) is 17.4 Å². The molecule has 0 spiro atoms. The molecular weight excluding hydrogens is 246 g/mol. The number of carbonyl (C=O) groups is 1. The van der Waals surface area contributed by atoms with E-state index in [4.69, 9.17) is 14.6 Å². The second-order valence-corrected chi connectivity index (χ2v) is 3.95. The lowest BCUT2D eigenvalue weighted by Gasteiger charge is -2.10. The summed E-state index contributed by atoms with van der Waals surface area (Å²) < 4.78 is 10.7. The Morgan fingerprint density at radius 3 is 2.58 bits per heavy atom. The van der Waals surface area contributed by atoms with Gasteiger partial charge in [0.1, 0.15) is 0 Å². The summed E-state index contributed by atoms with van der Waals surface area (Å²) in [6, 6.07) is 8.02. The van der Waals surface area contributed by atoms with Crippen molar-refractivity contribution in [3.8, 4) is 17.4 Å². The summed E-state index contributed by atoms with van der Waals surface area (Å²) in [5.41, 5.74) is 1.17. The van der Waals surface area contributed by atoms with E-state index in [1.54, 1.807) is 18.3 Å². The minimum absolute atomic E-state index is 0.140. The first-order chi connectivity index (χ1) is 9.10. The van der Waals surface area contributed by atoms with Crippen LogP contribution in [0.25, 0.3) is 0 Å². The van der Waals surface area contributed by atoms with Crippen molar-refractivity contribution in [2.24, 2.45) is 0 Å². The molecule has 0 aliphatic rings. The van der Waals surface area contributed by atoms with Crippen molar-refractivity contribution in [1.82, 2.24) is 4.98 Å². The van der Waals surface area contributed by atoms with Crippen LogP contribution >= 0.6 is 0 Å². The average Bonchev–Trinajstić information content (AvgIpc) is 2.41. The van der Waals surface area contributed by atoms with E-state index in [0.717, 1.165) is 5.56 Å². The largest absolute Gasteiger partial charge is 0.493 e. The third kappa shape index (κ3) is 3.01. The zero-order valence-corrected chi connectivity index (χ0v) is 10.6. The SMILES string of the molecule is COc1cc(C(=O)O)ccc1Oc1ccc(C)cn1. The molecule has 2 aromatic rings. The van der Waals surface area contributed by atoms with Crippen molar-refractivity contribution in [3.63, 3.8) is 0 Å². The summed E-state index contributed by atoms with van der Waals surface area (Å²) in [6.45, 7) is 1.93. The van der Waals surface area contributed by atoms with Gasteiger partial charge in [-0.1, -0.05) is 6.07 Å². The van der Waals surface area contributed by atoms with Crippen LogP contribution in [0.2, 0.25) is 0 Å². The number of aryl methyl sites for hydroxylation is 1. The number of hydrogen-bond donors (Lipinski definition) is 1. The van der Waals surface area contributed by atoms with Gasteiger partial charge in [-0.15, -0.1) is 0 Å². The van der Waals surface area contributed by atoms with Crippen molar-refractivity contribution in [3.05, 3.63) is 47.7 Å². The summed E-state index contributed by atoms with van der Waals surface area (Å²) in [4.78, 5) is 15.0. The Morgan fingerprint density at radius 2 is 2.00 bits per heavy atom. The topological polar surface area (TPSA) is 68.7 Å². The molecule has 1 aromatic carbocycles. The van der Waals surface area contributed by atoms with Gasteiger partial charge in [0.2, 0.25) is 5.88 Å². The van der Waals surface area contributed by atoms with Crippen LogP contribution in [0.15, 0.2) is 36.5 Å². The molecule has 0 saturated carbocycles. The van der Waals surface area contributed by atoms with E-state index in [-0.39, 0.29) is 5.56 Å². The summed E-state index contributed by atoms with van der Waals surface area (Å²) in [5, 5.41) is 8.91. The Hall–Kier alpha value is -2.56. The zero-order valence-electron chi connectivity index (χ0n) is 10.6. The highest BCUT2D eigenvalue weighted by atomic mass is 16.5. The molecule has 0 aliphatic carbocycles. The van der Waals surface area contributed by atoms with E-state index in [2.05, 4.69) is 4.98 Å². The highest BCUT2D eigenvalue weighted by Crippen LogP contribution is 2.31. The lowest BCUT2D eigenvalue weighted by Crippen LogP contribution is -1.98. The minimum Gasteiger partial charge on any atom is -0.493 e. The number of rotatable bonds is 4. The number of methoxy groups -OCH3 is 1. The molecule has 1 N–H and O–H groups in total. The summed E-state index contributed by atoms with van der Waals surface area (Å²) in [6.07, 6.45) is 1.69. The zero-order chi connectivity index (χ0) is 13.8. The predicted molar refractivity (Wildman–Crippen MR) is 69.0 cm³/mol. The Balaban J connectivity index is 2.29. The number of ether oxygens (including phenoxy) is 2. The first-order valence-electron chi connectivity index (χ1n) is 5.62. The standard InChI is InChI=1S/C14H13NO4/c1-9-3-6-13(15-8-9)19-11-5-4-10(14(16)17)7-12(11)18-2/h3-8H,1-2H3,(H,16,17).